The zero-order valence-corrected chi connectivity index (χ0v) is 16.0. The average Bonchev–Trinajstić information content (AvgIpc) is 2.58. The average molecular weight is 388 g/mol. The van der Waals surface area contributed by atoms with Gasteiger partial charge in [0.25, 0.3) is 0 Å². The second-order valence-electron chi connectivity index (χ2n) is 5.40. The van der Waals surface area contributed by atoms with E-state index in [0.717, 1.165) is 25.7 Å². The van der Waals surface area contributed by atoms with E-state index >= 15 is 0 Å². The van der Waals surface area contributed by atoms with Crippen molar-refractivity contribution in [2.45, 2.75) is 46.0 Å². The van der Waals surface area contributed by atoms with Crippen LogP contribution in [0.15, 0.2) is 23.2 Å². The van der Waals surface area contributed by atoms with Gasteiger partial charge in [-0.15, -0.1) is 0 Å². The first kappa shape index (κ1) is 21.5. The molecule has 0 aliphatic rings. The van der Waals surface area contributed by atoms with Crippen molar-refractivity contribution in [1.29, 1.82) is 0 Å². The van der Waals surface area contributed by atoms with Crippen molar-refractivity contribution in [3.63, 3.8) is 0 Å². The maximum atomic E-state index is 12.2. The molecule has 1 rings (SSSR count). The van der Waals surface area contributed by atoms with Crippen LogP contribution in [0, 0.1) is 0 Å². The summed E-state index contributed by atoms with van der Waals surface area (Å²) in [5, 5.41) is 0.693. The summed E-state index contributed by atoms with van der Waals surface area (Å²) in [7, 11) is 0. The molecule has 1 aromatic rings. The van der Waals surface area contributed by atoms with Crippen LogP contribution in [0.5, 0.6) is 0 Å². The van der Waals surface area contributed by atoms with Gasteiger partial charge in [0.05, 0.1) is 35.4 Å². The van der Waals surface area contributed by atoms with Gasteiger partial charge in [-0.1, -0.05) is 49.9 Å². The van der Waals surface area contributed by atoms with Gasteiger partial charge in [-0.3, -0.25) is 4.79 Å². The Hall–Kier alpha value is -1.59. The lowest BCUT2D eigenvalue weighted by atomic mass is 10.2. The van der Waals surface area contributed by atoms with Crippen LogP contribution in [0.25, 0.3) is 0 Å². The Balaban J connectivity index is 2.89. The number of hydrogen-bond acceptors (Lipinski definition) is 5. The van der Waals surface area contributed by atoms with E-state index in [0.29, 0.717) is 22.3 Å². The van der Waals surface area contributed by atoms with E-state index in [4.69, 9.17) is 32.7 Å². The van der Waals surface area contributed by atoms with E-state index in [1.54, 1.807) is 12.1 Å². The van der Waals surface area contributed by atoms with Crippen molar-refractivity contribution in [1.82, 2.24) is 0 Å². The predicted octanol–water partition coefficient (Wildman–Crippen LogP) is 5.14. The van der Waals surface area contributed by atoms with Crippen LogP contribution < -0.4 is 0 Å². The number of ether oxygens (including phenoxy) is 2. The third-order valence-corrected chi connectivity index (χ3v) is 3.95. The van der Waals surface area contributed by atoms with Crippen LogP contribution in [0.4, 0.5) is 5.69 Å². The Morgan fingerprint density at radius 2 is 1.64 bits per heavy atom. The van der Waals surface area contributed by atoms with Crippen molar-refractivity contribution in [2.24, 2.45) is 4.99 Å². The highest BCUT2D eigenvalue weighted by Crippen LogP contribution is 2.27. The van der Waals surface area contributed by atoms with Crippen LogP contribution in [0.3, 0.4) is 0 Å². The van der Waals surface area contributed by atoms with Gasteiger partial charge in [-0.25, -0.2) is 9.79 Å². The standard InChI is InChI=1S/C18H23Cl2NO4/c1-3-5-9-24-17(22)12-16(18(23)25-10-6-4-2)21-13-7-8-14(19)15(20)11-13/h7-8,11H,3-6,9-10,12H2,1-2H3. The second kappa shape index (κ2) is 11.9. The predicted molar refractivity (Wildman–Crippen MR) is 99.9 cm³/mol. The number of carbonyl (C=O) groups is 2. The normalized spacial score (nSPS) is 11.3. The van der Waals surface area contributed by atoms with E-state index in [9.17, 15) is 9.59 Å². The number of halogens is 2. The first-order valence-electron chi connectivity index (χ1n) is 8.33. The van der Waals surface area contributed by atoms with Crippen molar-refractivity contribution >= 4 is 46.5 Å². The SMILES string of the molecule is CCCCOC(=O)CC(=Nc1ccc(Cl)c(Cl)c1)C(=O)OCCCC. The van der Waals surface area contributed by atoms with Gasteiger partial charge >= 0.3 is 11.9 Å². The van der Waals surface area contributed by atoms with Gasteiger partial charge < -0.3 is 9.47 Å². The Morgan fingerprint density at radius 3 is 2.24 bits per heavy atom. The Morgan fingerprint density at radius 1 is 1.00 bits per heavy atom. The lowest BCUT2D eigenvalue weighted by Crippen LogP contribution is -2.22. The molecule has 0 amide bonds. The first-order valence-corrected chi connectivity index (χ1v) is 9.08. The van der Waals surface area contributed by atoms with Gasteiger partial charge in [0, 0.05) is 0 Å². The fourth-order valence-corrected chi connectivity index (χ4v) is 2.07. The number of benzene rings is 1. The number of aliphatic imine (C=N–C) groups is 1. The highest BCUT2D eigenvalue weighted by atomic mass is 35.5. The van der Waals surface area contributed by atoms with Crippen molar-refractivity contribution in [2.75, 3.05) is 13.2 Å². The quantitative estimate of drug-likeness (QED) is 0.316. The second-order valence-corrected chi connectivity index (χ2v) is 6.21. The van der Waals surface area contributed by atoms with Gasteiger partial charge in [0.15, 0.2) is 0 Å². The summed E-state index contributed by atoms with van der Waals surface area (Å²) in [5.41, 5.74) is 0.397. The topological polar surface area (TPSA) is 65.0 Å². The molecule has 25 heavy (non-hydrogen) atoms. The number of rotatable bonds is 10. The molecule has 0 N–H and O–H groups in total. The molecule has 0 aromatic heterocycles. The fraction of sp³-hybridized carbons (Fsp3) is 0.500. The molecule has 138 valence electrons. The molecule has 0 heterocycles. The summed E-state index contributed by atoms with van der Waals surface area (Å²) < 4.78 is 10.3. The van der Waals surface area contributed by atoms with Crippen LogP contribution in [0.1, 0.15) is 46.0 Å². The molecule has 0 saturated heterocycles. The summed E-state index contributed by atoms with van der Waals surface area (Å²) in [6, 6.07) is 4.70. The minimum atomic E-state index is -0.632. The third-order valence-electron chi connectivity index (χ3n) is 3.21. The molecule has 0 saturated carbocycles. The van der Waals surface area contributed by atoms with Gasteiger partial charge in [0.1, 0.15) is 5.71 Å². The Bertz CT molecular complexity index is 617. The van der Waals surface area contributed by atoms with Crippen molar-refractivity contribution in [3.8, 4) is 0 Å². The van der Waals surface area contributed by atoms with Gasteiger partial charge in [-0.05, 0) is 31.0 Å². The maximum absolute atomic E-state index is 12.2. The summed E-state index contributed by atoms with van der Waals surface area (Å²) in [5.74, 6) is -1.15. The molecule has 0 aliphatic heterocycles. The number of carbonyl (C=O) groups excluding carboxylic acids is 2. The van der Waals surface area contributed by atoms with E-state index in [2.05, 4.69) is 4.99 Å². The summed E-state index contributed by atoms with van der Waals surface area (Å²) in [4.78, 5) is 28.3. The molecule has 5 nitrogen and oxygen atoms in total. The van der Waals surface area contributed by atoms with Gasteiger partial charge in [-0.2, -0.15) is 0 Å². The van der Waals surface area contributed by atoms with Crippen LogP contribution in [-0.2, 0) is 19.1 Å². The van der Waals surface area contributed by atoms with Crippen LogP contribution in [0.2, 0.25) is 10.0 Å². The summed E-state index contributed by atoms with van der Waals surface area (Å²) >= 11 is 11.8. The molecule has 0 bridgehead atoms. The molecular formula is C18H23Cl2NO4. The molecule has 0 aliphatic carbocycles. The van der Waals surface area contributed by atoms with Crippen LogP contribution >= 0.6 is 23.2 Å². The molecule has 7 heteroatoms. The molecule has 0 atom stereocenters. The minimum absolute atomic E-state index is 0.0176. The smallest absolute Gasteiger partial charge is 0.353 e. The lowest BCUT2D eigenvalue weighted by molar-refractivity contribution is -0.143. The summed E-state index contributed by atoms with van der Waals surface area (Å²) in [6.07, 6.45) is 3.07. The highest BCUT2D eigenvalue weighted by molar-refractivity contribution is 6.42. The number of hydrogen-bond donors (Lipinski definition) is 0. The first-order chi connectivity index (χ1) is 12.0. The molecule has 0 fully saturated rings. The van der Waals surface area contributed by atoms with Gasteiger partial charge in [0.2, 0.25) is 0 Å². The Kier molecular flexibility index (Phi) is 10.2. The minimum Gasteiger partial charge on any atom is -0.465 e. The Labute approximate surface area is 158 Å². The third kappa shape index (κ3) is 8.36. The monoisotopic (exact) mass is 387 g/mol. The zero-order valence-electron chi connectivity index (χ0n) is 14.5. The molecule has 1 aromatic carbocycles. The number of esters is 2. The van der Waals surface area contributed by atoms with Crippen molar-refractivity contribution in [3.05, 3.63) is 28.2 Å². The van der Waals surface area contributed by atoms with E-state index in [1.807, 2.05) is 13.8 Å². The lowest BCUT2D eigenvalue weighted by Gasteiger charge is -2.08. The number of unbranched alkanes of at least 4 members (excludes halogenated alkanes) is 2. The number of nitrogens with zero attached hydrogens (tertiary/aromatic N) is 1. The molecule has 0 spiro atoms. The van der Waals surface area contributed by atoms with Crippen molar-refractivity contribution < 1.29 is 19.1 Å². The summed E-state index contributed by atoms with van der Waals surface area (Å²) in [6.45, 7) is 4.58. The molecular weight excluding hydrogens is 365 g/mol. The van der Waals surface area contributed by atoms with E-state index in [1.165, 1.54) is 6.07 Å². The fourth-order valence-electron chi connectivity index (χ4n) is 1.78. The zero-order chi connectivity index (χ0) is 18.7. The van der Waals surface area contributed by atoms with E-state index < -0.39 is 11.9 Å². The van der Waals surface area contributed by atoms with E-state index in [-0.39, 0.29) is 18.7 Å². The van der Waals surface area contributed by atoms with Crippen LogP contribution in [-0.4, -0.2) is 30.9 Å². The maximum Gasteiger partial charge on any atom is 0.353 e. The molecule has 0 unspecified atom stereocenters. The highest BCUT2D eigenvalue weighted by Gasteiger charge is 2.19. The largest absolute Gasteiger partial charge is 0.465 e. The molecule has 0 radical (unpaired) electrons.